The van der Waals surface area contributed by atoms with E-state index in [1.807, 2.05) is 48.5 Å². The minimum atomic E-state index is -1.46. The van der Waals surface area contributed by atoms with E-state index in [0.29, 0.717) is 11.1 Å². The largest absolute Gasteiger partial charge is 0.497 e. The molecule has 0 saturated heterocycles. The van der Waals surface area contributed by atoms with Crippen molar-refractivity contribution in [1.82, 2.24) is 0 Å². The maximum atomic E-state index is 11.1. The summed E-state index contributed by atoms with van der Waals surface area (Å²) in [4.78, 5) is 22.3. The summed E-state index contributed by atoms with van der Waals surface area (Å²) in [7, 11) is 3.23. The number of hydrogen-bond donors (Lipinski definition) is 2. The molecule has 4 aromatic rings. The molecule has 0 saturated carbocycles. The van der Waals surface area contributed by atoms with Crippen molar-refractivity contribution < 1.29 is 29.3 Å². The maximum Gasteiger partial charge on any atom is 0.336 e. The van der Waals surface area contributed by atoms with Gasteiger partial charge in [-0.15, -0.1) is 0 Å². The number of carboxylic acid groups (broad SMARTS) is 2. The van der Waals surface area contributed by atoms with Crippen molar-refractivity contribution in [3.05, 3.63) is 119 Å². The topological polar surface area (TPSA) is 93.1 Å². The quantitative estimate of drug-likeness (QED) is 0.213. The molecule has 4 aromatic carbocycles. The first-order valence-corrected chi connectivity index (χ1v) is 12.7. The van der Waals surface area contributed by atoms with Gasteiger partial charge in [0.25, 0.3) is 0 Å². The van der Waals surface area contributed by atoms with E-state index < -0.39 is 15.7 Å². The zero-order valence-corrected chi connectivity index (χ0v) is 23.2. The van der Waals surface area contributed by atoms with Gasteiger partial charge in [0, 0.05) is 0 Å². The van der Waals surface area contributed by atoms with Gasteiger partial charge < -0.3 is 19.7 Å². The predicted molar refractivity (Wildman–Crippen MR) is 154 cm³/mol. The molecule has 0 heterocycles. The first-order chi connectivity index (χ1) is 18.6. The summed E-state index contributed by atoms with van der Waals surface area (Å²) in [6, 6.07) is 27.7. The van der Waals surface area contributed by atoms with E-state index in [1.54, 1.807) is 50.6 Å². The number of rotatable bonds is 7. The Morgan fingerprint density at radius 3 is 1.23 bits per heavy atom. The standard InChI is InChI=1S/C16H15Cl3O2.C14H10O4/c1-20-13-7-3-11(4-8-13)15(16(17,18)19)12-5-9-14(21-2)10-6-12;15-13(16)11-7-3-1-5-9(11)10-6-2-4-8-12(10)14(17)18/h3-10,15H,1-2H3;1-8H,(H,15,16)(H,17,18). The Kier molecular flexibility index (Phi) is 10.2. The van der Waals surface area contributed by atoms with Crippen molar-refractivity contribution >= 4 is 46.7 Å². The fourth-order valence-corrected chi connectivity index (χ4v) is 4.73. The Balaban J connectivity index is 0.000000218. The highest BCUT2D eigenvalue weighted by Gasteiger charge is 2.35. The number of halogens is 3. The molecule has 0 fully saturated rings. The van der Waals surface area contributed by atoms with Crippen LogP contribution < -0.4 is 9.47 Å². The van der Waals surface area contributed by atoms with Crippen molar-refractivity contribution in [1.29, 1.82) is 0 Å². The molecule has 0 atom stereocenters. The molecule has 0 unspecified atom stereocenters. The highest BCUT2D eigenvalue weighted by atomic mass is 35.6. The molecule has 0 spiro atoms. The number of methoxy groups -OCH3 is 2. The highest BCUT2D eigenvalue weighted by Crippen LogP contribution is 2.46. The van der Waals surface area contributed by atoms with E-state index >= 15 is 0 Å². The molecule has 2 N–H and O–H groups in total. The second-order valence-corrected chi connectivity index (χ2v) is 10.6. The van der Waals surface area contributed by atoms with E-state index in [2.05, 4.69) is 0 Å². The summed E-state index contributed by atoms with van der Waals surface area (Å²) < 4.78 is 8.85. The fourth-order valence-electron chi connectivity index (χ4n) is 3.97. The molecule has 9 heteroatoms. The van der Waals surface area contributed by atoms with E-state index in [9.17, 15) is 9.59 Å². The fraction of sp³-hybridized carbons (Fsp3) is 0.133. The Labute approximate surface area is 241 Å². The lowest BCUT2D eigenvalue weighted by Gasteiger charge is -2.25. The van der Waals surface area contributed by atoms with Gasteiger partial charge >= 0.3 is 11.9 Å². The minimum absolute atomic E-state index is 0.0891. The minimum Gasteiger partial charge on any atom is -0.497 e. The van der Waals surface area contributed by atoms with Crippen LogP contribution in [0.25, 0.3) is 11.1 Å². The summed E-state index contributed by atoms with van der Waals surface area (Å²) in [5.41, 5.74) is 2.80. The molecule has 0 bridgehead atoms. The van der Waals surface area contributed by atoms with Gasteiger partial charge in [0.05, 0.1) is 31.3 Å². The van der Waals surface area contributed by atoms with Crippen LogP contribution in [0.5, 0.6) is 11.5 Å². The van der Waals surface area contributed by atoms with Crippen LogP contribution in [0.1, 0.15) is 37.8 Å². The van der Waals surface area contributed by atoms with Crippen LogP contribution in [0.2, 0.25) is 0 Å². The summed E-state index contributed by atoms with van der Waals surface area (Å²) in [5, 5.41) is 18.2. The smallest absolute Gasteiger partial charge is 0.336 e. The lowest BCUT2D eigenvalue weighted by atomic mass is 9.92. The molecule has 4 rings (SSSR count). The molecule has 0 radical (unpaired) electrons. The number of benzene rings is 4. The molecule has 0 aliphatic rings. The first kappa shape index (κ1) is 29.8. The van der Waals surface area contributed by atoms with Crippen molar-refractivity contribution in [3.63, 3.8) is 0 Å². The zero-order valence-electron chi connectivity index (χ0n) is 21.0. The SMILES string of the molecule is COc1ccc(C(c2ccc(OC)cc2)C(Cl)(Cl)Cl)cc1.O=C(O)c1ccccc1-c1ccccc1C(=O)O. The van der Waals surface area contributed by atoms with Crippen molar-refractivity contribution in [3.8, 4) is 22.6 Å². The molecule has 0 aliphatic heterocycles. The summed E-state index contributed by atoms with van der Waals surface area (Å²) in [6.07, 6.45) is 0. The number of carbonyl (C=O) groups is 2. The van der Waals surface area contributed by atoms with Gasteiger partial charge in [0.2, 0.25) is 3.79 Å². The van der Waals surface area contributed by atoms with Crippen LogP contribution in [0, 0.1) is 0 Å². The Hall–Kier alpha value is -3.71. The summed E-state index contributed by atoms with van der Waals surface area (Å²) >= 11 is 18.6. The molecular weight excluding hydrogens is 563 g/mol. The van der Waals surface area contributed by atoms with E-state index in [1.165, 1.54) is 12.1 Å². The van der Waals surface area contributed by atoms with Gasteiger partial charge in [-0.2, -0.15) is 0 Å². The van der Waals surface area contributed by atoms with Crippen LogP contribution in [0.3, 0.4) is 0 Å². The lowest BCUT2D eigenvalue weighted by molar-refractivity contribution is 0.0684. The average molecular weight is 588 g/mol. The summed E-state index contributed by atoms with van der Waals surface area (Å²) in [6.45, 7) is 0. The normalized spacial score (nSPS) is 10.8. The number of hydrogen-bond acceptors (Lipinski definition) is 4. The zero-order chi connectivity index (χ0) is 28.6. The van der Waals surface area contributed by atoms with E-state index in [0.717, 1.165) is 22.6 Å². The van der Waals surface area contributed by atoms with Crippen LogP contribution in [-0.4, -0.2) is 40.2 Å². The highest BCUT2D eigenvalue weighted by molar-refractivity contribution is 6.68. The van der Waals surface area contributed by atoms with Crippen molar-refractivity contribution in [2.75, 3.05) is 14.2 Å². The third-order valence-corrected chi connectivity index (χ3v) is 6.49. The number of alkyl halides is 3. The number of carboxylic acids is 2. The third kappa shape index (κ3) is 7.67. The van der Waals surface area contributed by atoms with Gasteiger partial charge in [-0.1, -0.05) is 95.5 Å². The maximum absolute atomic E-state index is 11.1. The Morgan fingerprint density at radius 1 is 0.615 bits per heavy atom. The van der Waals surface area contributed by atoms with Gasteiger partial charge in [-0.05, 0) is 58.7 Å². The van der Waals surface area contributed by atoms with Gasteiger partial charge in [0.1, 0.15) is 11.5 Å². The Morgan fingerprint density at radius 2 is 0.949 bits per heavy atom. The van der Waals surface area contributed by atoms with E-state index in [4.69, 9.17) is 54.5 Å². The van der Waals surface area contributed by atoms with Crippen LogP contribution in [-0.2, 0) is 0 Å². The van der Waals surface area contributed by atoms with E-state index in [-0.39, 0.29) is 17.0 Å². The van der Waals surface area contributed by atoms with Gasteiger partial charge in [0.15, 0.2) is 0 Å². The molecule has 0 aromatic heterocycles. The second kappa shape index (κ2) is 13.4. The number of aromatic carboxylic acids is 2. The molecule has 0 amide bonds. The summed E-state index contributed by atoms with van der Waals surface area (Å²) in [5.74, 6) is -1.01. The molecule has 6 nitrogen and oxygen atoms in total. The third-order valence-electron chi connectivity index (χ3n) is 5.83. The van der Waals surface area contributed by atoms with Crippen molar-refractivity contribution in [2.45, 2.75) is 9.71 Å². The average Bonchev–Trinajstić information content (AvgIpc) is 2.93. The molecule has 0 aliphatic carbocycles. The monoisotopic (exact) mass is 586 g/mol. The van der Waals surface area contributed by atoms with Crippen molar-refractivity contribution in [2.24, 2.45) is 0 Å². The molecule has 202 valence electrons. The molecule has 39 heavy (non-hydrogen) atoms. The number of ether oxygens (including phenoxy) is 2. The Bertz CT molecular complexity index is 1310. The predicted octanol–water partition coefficient (Wildman–Crippen LogP) is 7.96. The second-order valence-electron chi connectivity index (χ2n) is 8.22. The van der Waals surface area contributed by atoms with Crippen LogP contribution in [0.15, 0.2) is 97.1 Å². The molecular formula is C30H25Cl3O6. The first-order valence-electron chi connectivity index (χ1n) is 11.6. The van der Waals surface area contributed by atoms with Crippen LogP contribution >= 0.6 is 34.8 Å². The van der Waals surface area contributed by atoms with Gasteiger partial charge in [-0.25, -0.2) is 9.59 Å². The van der Waals surface area contributed by atoms with Gasteiger partial charge in [-0.3, -0.25) is 0 Å². The van der Waals surface area contributed by atoms with Crippen LogP contribution in [0.4, 0.5) is 0 Å². The lowest BCUT2D eigenvalue weighted by Crippen LogP contribution is -2.18.